The summed E-state index contributed by atoms with van der Waals surface area (Å²) in [5.74, 6) is -0.00120. The van der Waals surface area contributed by atoms with E-state index in [0.29, 0.717) is 12.1 Å². The predicted molar refractivity (Wildman–Crippen MR) is 80.6 cm³/mol. The van der Waals surface area contributed by atoms with Crippen molar-refractivity contribution in [2.75, 3.05) is 18.9 Å². The molecule has 1 aromatic heterocycles. The van der Waals surface area contributed by atoms with Crippen LogP contribution in [0.1, 0.15) is 23.0 Å². The molecular formula is C16H19N3O. The van der Waals surface area contributed by atoms with E-state index in [1.54, 1.807) is 18.1 Å². The van der Waals surface area contributed by atoms with Gasteiger partial charge in [-0.15, -0.1) is 0 Å². The van der Waals surface area contributed by atoms with Gasteiger partial charge in [0.15, 0.2) is 0 Å². The van der Waals surface area contributed by atoms with Gasteiger partial charge in [0.05, 0.1) is 12.2 Å². The molecule has 0 radical (unpaired) electrons. The molecule has 2 rings (SSSR count). The molecule has 0 saturated heterocycles. The first-order chi connectivity index (χ1) is 9.70. The summed E-state index contributed by atoms with van der Waals surface area (Å²) in [6.07, 6.45) is 1.73. The van der Waals surface area contributed by atoms with Crippen LogP contribution >= 0.6 is 0 Å². The number of carbonyl (C=O) groups is 1. The number of hydrogen-bond acceptors (Lipinski definition) is 3. The largest absolute Gasteiger partial charge is 0.385 e. The number of carbonyl (C=O) groups excluding carboxylic acids is 1. The van der Waals surface area contributed by atoms with Crippen LogP contribution in [0.4, 0.5) is 5.69 Å². The highest BCUT2D eigenvalue weighted by Crippen LogP contribution is 2.12. The molecule has 1 heterocycles. The molecule has 0 saturated carbocycles. The first-order valence-corrected chi connectivity index (χ1v) is 6.70. The average Bonchev–Trinajstić information content (AvgIpc) is 2.48. The quantitative estimate of drug-likeness (QED) is 0.907. The van der Waals surface area contributed by atoms with E-state index in [4.69, 9.17) is 0 Å². The summed E-state index contributed by atoms with van der Waals surface area (Å²) in [6, 6.07) is 13.2. The molecule has 2 aromatic rings. The van der Waals surface area contributed by atoms with Crippen molar-refractivity contribution >= 4 is 11.6 Å². The normalized spacial score (nSPS) is 10.1. The minimum absolute atomic E-state index is 0.00120. The molecule has 20 heavy (non-hydrogen) atoms. The minimum Gasteiger partial charge on any atom is -0.385 e. The molecule has 4 heteroatoms. The van der Waals surface area contributed by atoms with Crippen molar-refractivity contribution < 1.29 is 4.79 Å². The van der Waals surface area contributed by atoms with E-state index >= 15 is 0 Å². The summed E-state index contributed by atoms with van der Waals surface area (Å²) in [7, 11) is 1.79. The van der Waals surface area contributed by atoms with Gasteiger partial charge in [0.2, 0.25) is 0 Å². The maximum absolute atomic E-state index is 12.3. The van der Waals surface area contributed by atoms with Crippen LogP contribution in [0.5, 0.6) is 0 Å². The maximum atomic E-state index is 12.3. The Hall–Kier alpha value is -2.36. The van der Waals surface area contributed by atoms with Gasteiger partial charge in [0.25, 0.3) is 5.91 Å². The summed E-state index contributed by atoms with van der Waals surface area (Å²) < 4.78 is 0. The molecule has 0 aliphatic carbocycles. The lowest BCUT2D eigenvalue weighted by atomic mass is 10.2. The van der Waals surface area contributed by atoms with Gasteiger partial charge >= 0.3 is 0 Å². The summed E-state index contributed by atoms with van der Waals surface area (Å²) in [4.78, 5) is 18.2. The van der Waals surface area contributed by atoms with Crippen LogP contribution in [0.3, 0.4) is 0 Å². The van der Waals surface area contributed by atoms with Gasteiger partial charge in [0.1, 0.15) is 0 Å². The molecule has 0 unspecified atom stereocenters. The summed E-state index contributed by atoms with van der Waals surface area (Å²) in [6.45, 7) is 3.42. The van der Waals surface area contributed by atoms with E-state index in [2.05, 4.69) is 10.3 Å². The van der Waals surface area contributed by atoms with Crippen molar-refractivity contribution in [3.8, 4) is 0 Å². The number of rotatable bonds is 5. The molecule has 104 valence electrons. The lowest BCUT2D eigenvalue weighted by Crippen LogP contribution is -2.26. The highest BCUT2D eigenvalue weighted by Gasteiger charge is 2.12. The lowest BCUT2D eigenvalue weighted by molar-refractivity contribution is 0.0783. The van der Waals surface area contributed by atoms with E-state index in [-0.39, 0.29) is 5.91 Å². The first kappa shape index (κ1) is 14.1. The van der Waals surface area contributed by atoms with Crippen molar-refractivity contribution in [2.24, 2.45) is 0 Å². The second-order valence-electron chi connectivity index (χ2n) is 4.59. The van der Waals surface area contributed by atoms with Crippen molar-refractivity contribution in [3.63, 3.8) is 0 Å². The molecule has 0 aliphatic heterocycles. The van der Waals surface area contributed by atoms with Crippen LogP contribution in [0, 0.1) is 0 Å². The summed E-state index contributed by atoms with van der Waals surface area (Å²) in [5, 5.41) is 3.21. The highest BCUT2D eigenvalue weighted by molar-refractivity contribution is 5.94. The first-order valence-electron chi connectivity index (χ1n) is 6.70. The highest BCUT2D eigenvalue weighted by atomic mass is 16.2. The molecule has 4 nitrogen and oxygen atoms in total. The van der Waals surface area contributed by atoms with E-state index in [1.165, 1.54) is 0 Å². The smallest absolute Gasteiger partial charge is 0.253 e. The van der Waals surface area contributed by atoms with Crippen LogP contribution in [-0.2, 0) is 6.54 Å². The molecule has 0 aliphatic rings. The summed E-state index contributed by atoms with van der Waals surface area (Å²) in [5.41, 5.74) is 2.59. The fourth-order valence-corrected chi connectivity index (χ4v) is 1.96. The topological polar surface area (TPSA) is 45.2 Å². The van der Waals surface area contributed by atoms with Crippen LogP contribution in [0.25, 0.3) is 0 Å². The van der Waals surface area contributed by atoms with Gasteiger partial charge < -0.3 is 10.2 Å². The van der Waals surface area contributed by atoms with Crippen molar-refractivity contribution in [1.82, 2.24) is 9.88 Å². The number of pyridine rings is 1. The van der Waals surface area contributed by atoms with Gasteiger partial charge in [-0.2, -0.15) is 0 Å². The Bertz CT molecular complexity index is 552. The second kappa shape index (κ2) is 6.70. The monoisotopic (exact) mass is 269 g/mol. The third-order valence-electron chi connectivity index (χ3n) is 2.98. The number of benzene rings is 1. The fourth-order valence-electron chi connectivity index (χ4n) is 1.96. The maximum Gasteiger partial charge on any atom is 0.253 e. The standard InChI is InChI=1S/C16H19N3O/c1-3-17-14-9-7-13(8-10-14)16(20)19(2)12-15-6-4-5-11-18-15/h4-11,17H,3,12H2,1-2H3. The Morgan fingerprint density at radius 3 is 2.55 bits per heavy atom. The van der Waals surface area contributed by atoms with Crippen LogP contribution in [0.2, 0.25) is 0 Å². The van der Waals surface area contributed by atoms with Gasteiger partial charge in [-0.3, -0.25) is 9.78 Å². The average molecular weight is 269 g/mol. The fraction of sp³-hybridized carbons (Fsp3) is 0.250. The van der Waals surface area contributed by atoms with Gasteiger partial charge in [-0.1, -0.05) is 6.07 Å². The van der Waals surface area contributed by atoms with Gasteiger partial charge in [-0.05, 0) is 43.3 Å². The molecule has 1 amide bonds. The van der Waals surface area contributed by atoms with Crippen LogP contribution in [0.15, 0.2) is 48.7 Å². The third-order valence-corrected chi connectivity index (χ3v) is 2.98. The second-order valence-corrected chi connectivity index (χ2v) is 4.59. The van der Waals surface area contributed by atoms with E-state index in [1.807, 2.05) is 49.4 Å². The summed E-state index contributed by atoms with van der Waals surface area (Å²) >= 11 is 0. The molecule has 0 atom stereocenters. The van der Waals surface area contributed by atoms with Crippen molar-refractivity contribution in [2.45, 2.75) is 13.5 Å². The van der Waals surface area contributed by atoms with E-state index in [0.717, 1.165) is 17.9 Å². The Morgan fingerprint density at radius 1 is 1.20 bits per heavy atom. The zero-order chi connectivity index (χ0) is 14.4. The van der Waals surface area contributed by atoms with Gasteiger partial charge in [0, 0.05) is 31.0 Å². The Labute approximate surface area is 119 Å². The van der Waals surface area contributed by atoms with E-state index in [9.17, 15) is 4.79 Å². The zero-order valence-corrected chi connectivity index (χ0v) is 11.8. The van der Waals surface area contributed by atoms with Crippen LogP contribution in [-0.4, -0.2) is 29.4 Å². The molecule has 0 fully saturated rings. The molecular weight excluding hydrogens is 250 g/mol. The molecule has 0 bridgehead atoms. The number of nitrogens with zero attached hydrogens (tertiary/aromatic N) is 2. The Morgan fingerprint density at radius 2 is 1.95 bits per heavy atom. The van der Waals surface area contributed by atoms with Crippen molar-refractivity contribution in [3.05, 3.63) is 59.9 Å². The number of hydrogen-bond donors (Lipinski definition) is 1. The zero-order valence-electron chi connectivity index (χ0n) is 11.8. The Kier molecular flexibility index (Phi) is 4.71. The lowest BCUT2D eigenvalue weighted by Gasteiger charge is -2.17. The minimum atomic E-state index is -0.00120. The third kappa shape index (κ3) is 3.57. The predicted octanol–water partition coefficient (Wildman–Crippen LogP) is 2.79. The van der Waals surface area contributed by atoms with E-state index < -0.39 is 0 Å². The number of amides is 1. The molecule has 1 N–H and O–H groups in total. The number of anilines is 1. The van der Waals surface area contributed by atoms with Crippen molar-refractivity contribution in [1.29, 1.82) is 0 Å². The number of nitrogens with one attached hydrogen (secondary N) is 1. The molecule has 0 spiro atoms. The molecule has 1 aromatic carbocycles. The van der Waals surface area contributed by atoms with Crippen LogP contribution < -0.4 is 5.32 Å². The Balaban J connectivity index is 2.03. The van der Waals surface area contributed by atoms with Gasteiger partial charge in [-0.25, -0.2) is 0 Å². The number of aromatic nitrogens is 1. The SMILES string of the molecule is CCNc1ccc(C(=O)N(C)Cc2ccccn2)cc1.